The fourth-order valence-corrected chi connectivity index (χ4v) is 1.82. The largest absolute Gasteiger partial charge is 0.481 e. The zero-order valence-corrected chi connectivity index (χ0v) is 9.95. The highest BCUT2D eigenvalue weighted by Crippen LogP contribution is 2.03. The Morgan fingerprint density at radius 3 is 3.12 bits per heavy atom. The Morgan fingerprint density at radius 1 is 1.62 bits per heavy atom. The van der Waals surface area contributed by atoms with Crippen LogP contribution in [0, 0.1) is 0 Å². The van der Waals surface area contributed by atoms with Gasteiger partial charge in [0.25, 0.3) is 0 Å². The first-order valence-corrected chi connectivity index (χ1v) is 5.99. The van der Waals surface area contributed by atoms with E-state index in [0.29, 0.717) is 6.42 Å². The maximum absolute atomic E-state index is 10.3. The van der Waals surface area contributed by atoms with Crippen LogP contribution in [0.3, 0.4) is 0 Å². The molecule has 94 valence electrons. The molecule has 1 unspecified atom stereocenters. The van der Waals surface area contributed by atoms with Crippen molar-refractivity contribution in [2.45, 2.75) is 25.9 Å². The minimum absolute atomic E-state index is 0.236. The van der Waals surface area contributed by atoms with E-state index >= 15 is 0 Å². The summed E-state index contributed by atoms with van der Waals surface area (Å²) < 4.78 is 5.62. The van der Waals surface area contributed by atoms with Crippen LogP contribution in [0.5, 0.6) is 0 Å². The van der Waals surface area contributed by atoms with Gasteiger partial charge in [-0.25, -0.2) is 0 Å². The summed E-state index contributed by atoms with van der Waals surface area (Å²) in [7, 11) is 0. The molecule has 0 amide bonds. The van der Waals surface area contributed by atoms with Gasteiger partial charge in [0.15, 0.2) is 0 Å². The maximum atomic E-state index is 10.3. The Morgan fingerprint density at radius 2 is 2.44 bits per heavy atom. The van der Waals surface area contributed by atoms with E-state index in [0.717, 1.165) is 39.3 Å². The van der Waals surface area contributed by atoms with Crippen molar-refractivity contribution in [2.24, 2.45) is 0 Å². The monoisotopic (exact) mass is 230 g/mol. The number of rotatable bonds is 7. The minimum atomic E-state index is -0.729. The topological polar surface area (TPSA) is 61.8 Å². The molecule has 0 bridgehead atoms. The maximum Gasteiger partial charge on any atom is 0.303 e. The molecule has 0 aliphatic carbocycles. The summed E-state index contributed by atoms with van der Waals surface area (Å²) in [5.74, 6) is -0.729. The first-order chi connectivity index (χ1) is 7.72. The third kappa shape index (κ3) is 5.44. The molecule has 0 aromatic rings. The average molecular weight is 230 g/mol. The van der Waals surface area contributed by atoms with E-state index in [-0.39, 0.29) is 12.5 Å². The molecule has 1 heterocycles. The molecule has 1 aliphatic heterocycles. The SMILES string of the molecule is CCN1CCOC(CNCCCC(=O)O)C1. The van der Waals surface area contributed by atoms with Crippen molar-refractivity contribution < 1.29 is 14.6 Å². The van der Waals surface area contributed by atoms with Crippen LogP contribution >= 0.6 is 0 Å². The molecule has 1 fully saturated rings. The number of hydrogen-bond donors (Lipinski definition) is 2. The van der Waals surface area contributed by atoms with Gasteiger partial charge in [-0.3, -0.25) is 9.69 Å². The van der Waals surface area contributed by atoms with Gasteiger partial charge in [0, 0.05) is 26.1 Å². The molecule has 0 aromatic heterocycles. The molecule has 5 nitrogen and oxygen atoms in total. The molecular weight excluding hydrogens is 208 g/mol. The Balaban J connectivity index is 2.01. The van der Waals surface area contributed by atoms with Crippen molar-refractivity contribution in [2.75, 3.05) is 39.3 Å². The Hall–Kier alpha value is -0.650. The lowest BCUT2D eigenvalue weighted by molar-refractivity contribution is -0.137. The summed E-state index contributed by atoms with van der Waals surface area (Å²) in [6.07, 6.45) is 1.16. The van der Waals surface area contributed by atoms with Gasteiger partial charge in [0.2, 0.25) is 0 Å². The van der Waals surface area contributed by atoms with Crippen LogP contribution in [0.25, 0.3) is 0 Å². The van der Waals surface area contributed by atoms with E-state index in [2.05, 4.69) is 17.1 Å². The number of likely N-dealkylation sites (N-methyl/N-ethyl adjacent to an activating group) is 1. The van der Waals surface area contributed by atoms with Crippen LogP contribution in [-0.4, -0.2) is 61.4 Å². The van der Waals surface area contributed by atoms with Crippen molar-refractivity contribution in [3.05, 3.63) is 0 Å². The number of hydrogen-bond acceptors (Lipinski definition) is 4. The highest BCUT2D eigenvalue weighted by molar-refractivity contribution is 5.66. The van der Waals surface area contributed by atoms with Gasteiger partial charge >= 0.3 is 5.97 Å². The standard InChI is InChI=1S/C11H22N2O3/c1-2-13-6-7-16-10(9-13)8-12-5-3-4-11(14)15/h10,12H,2-9H2,1H3,(H,14,15). The van der Waals surface area contributed by atoms with E-state index < -0.39 is 5.97 Å². The predicted molar refractivity (Wildman–Crippen MR) is 61.6 cm³/mol. The zero-order valence-electron chi connectivity index (χ0n) is 9.95. The molecule has 0 aromatic carbocycles. The van der Waals surface area contributed by atoms with Gasteiger partial charge in [-0.1, -0.05) is 6.92 Å². The van der Waals surface area contributed by atoms with Crippen molar-refractivity contribution in [3.8, 4) is 0 Å². The van der Waals surface area contributed by atoms with E-state index in [4.69, 9.17) is 9.84 Å². The second-order valence-electron chi connectivity index (χ2n) is 4.09. The van der Waals surface area contributed by atoms with Crippen LogP contribution in [0.4, 0.5) is 0 Å². The lowest BCUT2D eigenvalue weighted by Crippen LogP contribution is -2.46. The van der Waals surface area contributed by atoms with Crippen LogP contribution in [0.1, 0.15) is 19.8 Å². The molecule has 1 atom stereocenters. The fourth-order valence-electron chi connectivity index (χ4n) is 1.82. The number of morpholine rings is 1. The second-order valence-corrected chi connectivity index (χ2v) is 4.09. The average Bonchev–Trinajstić information content (AvgIpc) is 2.28. The van der Waals surface area contributed by atoms with Crippen molar-refractivity contribution >= 4 is 5.97 Å². The van der Waals surface area contributed by atoms with Gasteiger partial charge in [0.1, 0.15) is 0 Å². The summed E-state index contributed by atoms with van der Waals surface area (Å²) in [6.45, 7) is 7.58. The first kappa shape index (κ1) is 13.4. The molecule has 0 spiro atoms. The van der Waals surface area contributed by atoms with Crippen molar-refractivity contribution in [1.29, 1.82) is 0 Å². The van der Waals surface area contributed by atoms with Gasteiger partial charge < -0.3 is 15.2 Å². The van der Waals surface area contributed by atoms with Gasteiger partial charge in [-0.05, 0) is 19.5 Å². The molecular formula is C11H22N2O3. The molecule has 2 N–H and O–H groups in total. The predicted octanol–water partition coefficient (Wildman–Crippen LogP) is 0.162. The van der Waals surface area contributed by atoms with E-state index in [1.54, 1.807) is 0 Å². The summed E-state index contributed by atoms with van der Waals surface area (Å²) in [5, 5.41) is 11.7. The highest BCUT2D eigenvalue weighted by atomic mass is 16.5. The molecule has 0 radical (unpaired) electrons. The highest BCUT2D eigenvalue weighted by Gasteiger charge is 2.18. The molecule has 5 heteroatoms. The second kappa shape index (κ2) is 7.60. The number of nitrogens with zero attached hydrogens (tertiary/aromatic N) is 1. The Labute approximate surface area is 96.8 Å². The minimum Gasteiger partial charge on any atom is -0.481 e. The summed E-state index contributed by atoms with van der Waals surface area (Å²) in [4.78, 5) is 12.7. The number of ether oxygens (including phenoxy) is 1. The van der Waals surface area contributed by atoms with E-state index in [1.807, 2.05) is 0 Å². The van der Waals surface area contributed by atoms with E-state index in [9.17, 15) is 4.79 Å². The number of carboxylic acids is 1. The number of carbonyl (C=O) groups is 1. The number of aliphatic carboxylic acids is 1. The lowest BCUT2D eigenvalue weighted by atomic mass is 10.2. The van der Waals surface area contributed by atoms with Crippen LogP contribution in [0.15, 0.2) is 0 Å². The normalized spacial score (nSPS) is 22.2. The Kier molecular flexibility index (Phi) is 6.37. The molecule has 16 heavy (non-hydrogen) atoms. The summed E-state index contributed by atoms with van der Waals surface area (Å²) in [5.41, 5.74) is 0. The zero-order chi connectivity index (χ0) is 11.8. The van der Waals surface area contributed by atoms with E-state index in [1.165, 1.54) is 0 Å². The lowest BCUT2D eigenvalue weighted by Gasteiger charge is -2.32. The molecule has 0 saturated carbocycles. The van der Waals surface area contributed by atoms with Crippen molar-refractivity contribution in [3.63, 3.8) is 0 Å². The molecule has 1 rings (SSSR count). The van der Waals surface area contributed by atoms with Gasteiger partial charge in [-0.2, -0.15) is 0 Å². The van der Waals surface area contributed by atoms with Crippen LogP contribution in [0.2, 0.25) is 0 Å². The summed E-state index contributed by atoms with van der Waals surface area (Å²) in [6, 6.07) is 0. The molecule has 1 saturated heterocycles. The quantitative estimate of drug-likeness (QED) is 0.610. The Bertz CT molecular complexity index is 211. The number of nitrogens with one attached hydrogen (secondary N) is 1. The fraction of sp³-hybridized carbons (Fsp3) is 0.909. The molecule has 1 aliphatic rings. The van der Waals surface area contributed by atoms with Gasteiger partial charge in [0.05, 0.1) is 12.7 Å². The van der Waals surface area contributed by atoms with Crippen LogP contribution < -0.4 is 5.32 Å². The number of carboxylic acid groups (broad SMARTS) is 1. The third-order valence-electron chi connectivity index (χ3n) is 2.79. The summed E-state index contributed by atoms with van der Waals surface area (Å²) >= 11 is 0. The smallest absolute Gasteiger partial charge is 0.303 e. The third-order valence-corrected chi connectivity index (χ3v) is 2.79. The van der Waals surface area contributed by atoms with Gasteiger partial charge in [-0.15, -0.1) is 0 Å². The first-order valence-electron chi connectivity index (χ1n) is 5.99. The van der Waals surface area contributed by atoms with Crippen molar-refractivity contribution in [1.82, 2.24) is 10.2 Å². The van der Waals surface area contributed by atoms with Crippen LogP contribution in [-0.2, 0) is 9.53 Å².